The molecule has 0 saturated heterocycles. The topological polar surface area (TPSA) is 65.0 Å². The zero-order valence-electron chi connectivity index (χ0n) is 9.23. The molecule has 0 fully saturated rings. The van der Waals surface area contributed by atoms with Crippen LogP contribution in [0.3, 0.4) is 0 Å². The van der Waals surface area contributed by atoms with Crippen molar-refractivity contribution in [3.05, 3.63) is 23.8 Å². The summed E-state index contributed by atoms with van der Waals surface area (Å²) >= 11 is 0. The Bertz CT molecular complexity index is 361. The number of hydrogen-bond donors (Lipinski definition) is 1. The van der Waals surface area contributed by atoms with Gasteiger partial charge in [-0.05, 0) is 18.2 Å². The second-order valence-corrected chi connectivity index (χ2v) is 3.00. The third-order valence-corrected chi connectivity index (χ3v) is 2.01. The number of hydrogen-bond acceptors (Lipinski definition) is 5. The molecule has 16 heavy (non-hydrogen) atoms. The van der Waals surface area contributed by atoms with Crippen molar-refractivity contribution >= 4 is 5.97 Å². The minimum atomic E-state index is -0.472. The zero-order valence-corrected chi connectivity index (χ0v) is 9.23. The fourth-order valence-corrected chi connectivity index (χ4v) is 1.14. The van der Waals surface area contributed by atoms with Crippen molar-refractivity contribution in [3.8, 4) is 11.5 Å². The molecule has 0 bridgehead atoms. The summed E-state index contributed by atoms with van der Waals surface area (Å²) in [5.41, 5.74) is 0.559. The predicted molar refractivity (Wildman–Crippen MR) is 56.4 cm³/mol. The van der Waals surface area contributed by atoms with Gasteiger partial charge >= 0.3 is 5.97 Å². The number of benzene rings is 1. The normalized spacial score (nSPS) is 9.69. The van der Waals surface area contributed by atoms with Gasteiger partial charge in [-0.3, -0.25) is 0 Å². The summed E-state index contributed by atoms with van der Waals surface area (Å²) in [5, 5.41) is 9.11. The maximum Gasteiger partial charge on any atom is 0.343 e. The number of methoxy groups -OCH3 is 2. The highest BCUT2D eigenvalue weighted by Crippen LogP contribution is 2.24. The number of carbonyl (C=O) groups excluding carboxylic acids is 1. The van der Waals surface area contributed by atoms with Crippen molar-refractivity contribution in [1.29, 1.82) is 0 Å². The fraction of sp³-hybridized carbons (Fsp3) is 0.364. The van der Waals surface area contributed by atoms with Crippen molar-refractivity contribution in [1.82, 2.24) is 0 Å². The van der Waals surface area contributed by atoms with Crippen LogP contribution < -0.4 is 9.47 Å². The minimum Gasteiger partial charge on any atom is -0.497 e. The van der Waals surface area contributed by atoms with Gasteiger partial charge in [0.1, 0.15) is 11.5 Å². The van der Waals surface area contributed by atoms with Crippen LogP contribution in [0.4, 0.5) is 0 Å². The Labute approximate surface area is 93.6 Å². The van der Waals surface area contributed by atoms with E-state index >= 15 is 0 Å². The predicted octanol–water partition coefficient (Wildman–Crippen LogP) is 0.739. The molecule has 1 aromatic carbocycles. The van der Waals surface area contributed by atoms with E-state index in [-0.39, 0.29) is 13.2 Å². The SMILES string of the molecule is COC(=O)COc1ccc(OC)cc1CO. The molecule has 0 aliphatic heterocycles. The van der Waals surface area contributed by atoms with E-state index in [0.717, 1.165) is 0 Å². The van der Waals surface area contributed by atoms with Crippen LogP contribution in [0.5, 0.6) is 11.5 Å². The molecule has 0 aliphatic rings. The molecule has 5 heteroatoms. The van der Waals surface area contributed by atoms with Gasteiger partial charge in [0.15, 0.2) is 6.61 Å². The summed E-state index contributed by atoms with van der Waals surface area (Å²) in [4.78, 5) is 10.9. The molecule has 0 spiro atoms. The van der Waals surface area contributed by atoms with E-state index in [0.29, 0.717) is 17.1 Å². The van der Waals surface area contributed by atoms with Crippen LogP contribution in [0.15, 0.2) is 18.2 Å². The molecule has 5 nitrogen and oxygen atoms in total. The zero-order chi connectivity index (χ0) is 12.0. The Morgan fingerprint density at radius 2 is 2.12 bits per heavy atom. The second kappa shape index (κ2) is 5.97. The molecular weight excluding hydrogens is 212 g/mol. The Morgan fingerprint density at radius 1 is 1.38 bits per heavy atom. The number of ether oxygens (including phenoxy) is 3. The first-order chi connectivity index (χ1) is 7.71. The number of rotatable bonds is 5. The smallest absolute Gasteiger partial charge is 0.343 e. The fourth-order valence-electron chi connectivity index (χ4n) is 1.14. The van der Waals surface area contributed by atoms with E-state index in [1.165, 1.54) is 14.2 Å². The average molecular weight is 226 g/mol. The van der Waals surface area contributed by atoms with E-state index < -0.39 is 5.97 Å². The molecule has 88 valence electrons. The summed E-state index contributed by atoms with van der Waals surface area (Å²) in [5.74, 6) is 0.586. The lowest BCUT2D eigenvalue weighted by Crippen LogP contribution is -2.13. The molecule has 0 heterocycles. The standard InChI is InChI=1S/C11H14O5/c1-14-9-3-4-10(8(5-9)6-12)16-7-11(13)15-2/h3-5,12H,6-7H2,1-2H3. The molecule has 1 rings (SSSR count). The van der Waals surface area contributed by atoms with Crippen molar-refractivity contribution in [2.24, 2.45) is 0 Å². The maximum atomic E-state index is 10.9. The van der Waals surface area contributed by atoms with E-state index in [9.17, 15) is 4.79 Å². The Hall–Kier alpha value is -1.75. The summed E-state index contributed by atoms with van der Waals surface area (Å²) in [6, 6.07) is 4.96. The lowest BCUT2D eigenvalue weighted by Gasteiger charge is -2.10. The number of aliphatic hydroxyl groups is 1. The molecule has 1 N–H and O–H groups in total. The first kappa shape index (κ1) is 12.3. The Balaban J connectivity index is 2.75. The lowest BCUT2D eigenvalue weighted by molar-refractivity contribution is -0.142. The average Bonchev–Trinajstić information content (AvgIpc) is 2.35. The maximum absolute atomic E-state index is 10.9. The summed E-state index contributed by atoms with van der Waals surface area (Å²) in [6.07, 6.45) is 0. The van der Waals surface area contributed by atoms with Crippen molar-refractivity contribution in [2.45, 2.75) is 6.61 Å². The third-order valence-electron chi connectivity index (χ3n) is 2.01. The highest BCUT2D eigenvalue weighted by atomic mass is 16.6. The van der Waals surface area contributed by atoms with Gasteiger partial charge in [0, 0.05) is 5.56 Å². The Kier molecular flexibility index (Phi) is 4.60. The monoisotopic (exact) mass is 226 g/mol. The molecule has 1 aromatic rings. The lowest BCUT2D eigenvalue weighted by atomic mass is 10.2. The second-order valence-electron chi connectivity index (χ2n) is 3.00. The third kappa shape index (κ3) is 3.13. The van der Waals surface area contributed by atoms with Crippen LogP contribution in [0.1, 0.15) is 5.56 Å². The van der Waals surface area contributed by atoms with E-state index in [1.807, 2.05) is 0 Å². The molecule has 0 unspecified atom stereocenters. The summed E-state index contributed by atoms with van der Waals surface area (Å²) in [6.45, 7) is -0.371. The molecule has 0 saturated carbocycles. The Morgan fingerprint density at radius 3 is 2.69 bits per heavy atom. The van der Waals surface area contributed by atoms with Crippen LogP contribution in [0.2, 0.25) is 0 Å². The van der Waals surface area contributed by atoms with Gasteiger partial charge in [-0.15, -0.1) is 0 Å². The van der Waals surface area contributed by atoms with Crippen LogP contribution in [0, 0.1) is 0 Å². The van der Waals surface area contributed by atoms with Gasteiger partial charge in [-0.1, -0.05) is 0 Å². The van der Waals surface area contributed by atoms with E-state index in [2.05, 4.69) is 4.74 Å². The van der Waals surface area contributed by atoms with Crippen molar-refractivity contribution in [2.75, 3.05) is 20.8 Å². The first-order valence-corrected chi connectivity index (χ1v) is 4.68. The van der Waals surface area contributed by atoms with Crippen LogP contribution in [-0.4, -0.2) is 31.9 Å². The van der Waals surface area contributed by atoms with Gasteiger partial charge in [-0.2, -0.15) is 0 Å². The van der Waals surface area contributed by atoms with E-state index in [4.69, 9.17) is 14.6 Å². The van der Waals surface area contributed by atoms with Crippen LogP contribution in [0.25, 0.3) is 0 Å². The highest BCUT2D eigenvalue weighted by molar-refractivity contribution is 5.70. The quantitative estimate of drug-likeness (QED) is 0.750. The molecular formula is C11H14O5. The van der Waals surface area contributed by atoms with Crippen LogP contribution in [-0.2, 0) is 16.1 Å². The van der Waals surface area contributed by atoms with Crippen molar-refractivity contribution in [3.63, 3.8) is 0 Å². The largest absolute Gasteiger partial charge is 0.497 e. The summed E-state index contributed by atoms with van der Waals surface area (Å²) < 4.78 is 14.6. The molecule has 0 amide bonds. The van der Waals surface area contributed by atoms with Crippen molar-refractivity contribution < 1.29 is 24.1 Å². The molecule has 0 aromatic heterocycles. The first-order valence-electron chi connectivity index (χ1n) is 4.68. The van der Waals surface area contributed by atoms with Gasteiger partial charge in [0.2, 0.25) is 0 Å². The minimum absolute atomic E-state index is 0.185. The number of esters is 1. The van der Waals surface area contributed by atoms with Gasteiger partial charge < -0.3 is 19.3 Å². The molecule has 0 radical (unpaired) electrons. The molecule has 0 aliphatic carbocycles. The van der Waals surface area contributed by atoms with Gasteiger partial charge in [-0.25, -0.2) is 4.79 Å². The van der Waals surface area contributed by atoms with Gasteiger partial charge in [0.05, 0.1) is 20.8 Å². The highest BCUT2D eigenvalue weighted by Gasteiger charge is 2.07. The van der Waals surface area contributed by atoms with Crippen LogP contribution >= 0.6 is 0 Å². The molecule has 0 atom stereocenters. The van der Waals surface area contributed by atoms with E-state index in [1.54, 1.807) is 18.2 Å². The number of carbonyl (C=O) groups is 1. The number of aliphatic hydroxyl groups excluding tert-OH is 1. The van der Waals surface area contributed by atoms with Gasteiger partial charge in [0.25, 0.3) is 0 Å². The summed E-state index contributed by atoms with van der Waals surface area (Å²) in [7, 11) is 2.82.